The first-order chi connectivity index (χ1) is 10.1. The molecule has 0 saturated carbocycles. The highest BCUT2D eigenvalue weighted by Crippen LogP contribution is 2.13. The van der Waals surface area contributed by atoms with Crippen LogP contribution in [0.15, 0.2) is 24.3 Å². The van der Waals surface area contributed by atoms with E-state index in [1.165, 1.54) is 7.11 Å². The van der Waals surface area contributed by atoms with Gasteiger partial charge in [0.1, 0.15) is 6.61 Å². The quantitative estimate of drug-likeness (QED) is 0.921. The van der Waals surface area contributed by atoms with E-state index in [0.29, 0.717) is 23.7 Å². The first kappa shape index (κ1) is 15.8. The topological polar surface area (TPSA) is 58.6 Å². The fourth-order valence-electron chi connectivity index (χ4n) is 2.36. The van der Waals surface area contributed by atoms with E-state index in [4.69, 9.17) is 16.3 Å². The van der Waals surface area contributed by atoms with E-state index in [0.717, 1.165) is 12.8 Å². The van der Waals surface area contributed by atoms with Crippen molar-refractivity contribution in [2.45, 2.75) is 18.9 Å². The van der Waals surface area contributed by atoms with Crippen LogP contribution in [0.5, 0.6) is 0 Å². The minimum atomic E-state index is -0.103. The Kier molecular flexibility index (Phi) is 5.59. The van der Waals surface area contributed by atoms with Crippen LogP contribution in [0.1, 0.15) is 23.2 Å². The highest BCUT2D eigenvalue weighted by atomic mass is 35.5. The second-order valence-electron chi connectivity index (χ2n) is 5.07. The minimum Gasteiger partial charge on any atom is -0.375 e. The van der Waals surface area contributed by atoms with Gasteiger partial charge in [0, 0.05) is 36.8 Å². The number of halogens is 1. The van der Waals surface area contributed by atoms with E-state index in [2.05, 4.69) is 5.32 Å². The molecule has 1 saturated heterocycles. The van der Waals surface area contributed by atoms with Crippen molar-refractivity contribution >= 4 is 23.4 Å². The lowest BCUT2D eigenvalue weighted by Gasteiger charge is -2.32. The summed E-state index contributed by atoms with van der Waals surface area (Å²) in [5, 5.41) is 3.60. The second kappa shape index (κ2) is 7.43. The summed E-state index contributed by atoms with van der Waals surface area (Å²) < 4.78 is 4.84. The number of carbonyl (C=O) groups is 2. The molecule has 0 spiro atoms. The molecular weight excluding hydrogens is 292 g/mol. The number of nitrogens with one attached hydrogen (secondary N) is 1. The smallest absolute Gasteiger partial charge is 0.251 e. The lowest BCUT2D eigenvalue weighted by Crippen LogP contribution is -2.47. The Morgan fingerprint density at radius 3 is 2.48 bits per heavy atom. The molecule has 5 nitrogen and oxygen atoms in total. The molecule has 1 aliphatic heterocycles. The Morgan fingerprint density at radius 1 is 1.29 bits per heavy atom. The molecule has 1 heterocycles. The molecular formula is C15H19ClN2O3. The average molecular weight is 311 g/mol. The van der Waals surface area contributed by atoms with E-state index in [1.807, 2.05) is 0 Å². The maximum atomic E-state index is 12.1. The van der Waals surface area contributed by atoms with Crippen LogP contribution in [0.4, 0.5) is 0 Å². The number of rotatable bonds is 4. The molecule has 2 rings (SSSR count). The van der Waals surface area contributed by atoms with Crippen LogP contribution in [0.2, 0.25) is 5.02 Å². The summed E-state index contributed by atoms with van der Waals surface area (Å²) in [4.78, 5) is 25.5. The molecule has 1 N–H and O–H groups in total. The van der Waals surface area contributed by atoms with Gasteiger partial charge in [-0.3, -0.25) is 9.59 Å². The van der Waals surface area contributed by atoms with Crippen molar-refractivity contribution in [2.75, 3.05) is 26.8 Å². The zero-order valence-corrected chi connectivity index (χ0v) is 12.7. The predicted molar refractivity (Wildman–Crippen MR) is 80.4 cm³/mol. The zero-order chi connectivity index (χ0) is 15.2. The van der Waals surface area contributed by atoms with Crippen LogP contribution in [0.25, 0.3) is 0 Å². The van der Waals surface area contributed by atoms with Gasteiger partial charge < -0.3 is 15.0 Å². The van der Waals surface area contributed by atoms with Gasteiger partial charge in [-0.25, -0.2) is 0 Å². The third-order valence-electron chi connectivity index (χ3n) is 3.56. The maximum absolute atomic E-state index is 12.1. The fraction of sp³-hybridized carbons (Fsp3) is 0.467. The van der Waals surface area contributed by atoms with E-state index >= 15 is 0 Å². The molecule has 2 amide bonds. The highest BCUT2D eigenvalue weighted by molar-refractivity contribution is 6.30. The van der Waals surface area contributed by atoms with Crippen LogP contribution >= 0.6 is 11.6 Å². The van der Waals surface area contributed by atoms with Crippen molar-refractivity contribution in [2.24, 2.45) is 0 Å². The molecule has 0 bridgehead atoms. The summed E-state index contributed by atoms with van der Waals surface area (Å²) >= 11 is 5.80. The van der Waals surface area contributed by atoms with Crippen LogP contribution < -0.4 is 5.32 Å². The second-order valence-corrected chi connectivity index (χ2v) is 5.50. The van der Waals surface area contributed by atoms with Crippen molar-refractivity contribution < 1.29 is 14.3 Å². The first-order valence-corrected chi connectivity index (χ1v) is 7.31. The number of benzene rings is 1. The third kappa shape index (κ3) is 4.44. The zero-order valence-electron chi connectivity index (χ0n) is 12.0. The molecule has 0 aromatic heterocycles. The monoisotopic (exact) mass is 310 g/mol. The number of hydrogen-bond acceptors (Lipinski definition) is 3. The van der Waals surface area contributed by atoms with Crippen LogP contribution in [0, 0.1) is 0 Å². The largest absolute Gasteiger partial charge is 0.375 e. The van der Waals surface area contributed by atoms with Gasteiger partial charge in [0.05, 0.1) is 0 Å². The maximum Gasteiger partial charge on any atom is 0.251 e. The SMILES string of the molecule is COCC(=O)N1CCC(NC(=O)c2ccc(Cl)cc2)CC1. The molecule has 21 heavy (non-hydrogen) atoms. The van der Waals surface area contributed by atoms with Gasteiger partial charge in [-0.15, -0.1) is 0 Å². The van der Waals surface area contributed by atoms with Crippen LogP contribution in [0.3, 0.4) is 0 Å². The molecule has 1 aromatic carbocycles. The van der Waals surface area contributed by atoms with Gasteiger partial charge in [-0.1, -0.05) is 11.6 Å². The molecule has 1 aliphatic rings. The minimum absolute atomic E-state index is 0.0000206. The lowest BCUT2D eigenvalue weighted by atomic mass is 10.0. The summed E-state index contributed by atoms with van der Waals surface area (Å²) in [7, 11) is 1.51. The Hall–Kier alpha value is -1.59. The number of hydrogen-bond donors (Lipinski definition) is 1. The fourth-order valence-corrected chi connectivity index (χ4v) is 2.48. The molecule has 1 aromatic rings. The van der Waals surface area contributed by atoms with Crippen LogP contribution in [-0.2, 0) is 9.53 Å². The summed E-state index contributed by atoms with van der Waals surface area (Å²) in [6.45, 7) is 1.41. The van der Waals surface area contributed by atoms with Crippen LogP contribution in [-0.4, -0.2) is 49.6 Å². The molecule has 1 fully saturated rings. The Balaban J connectivity index is 1.82. The van der Waals surface area contributed by atoms with Crippen molar-refractivity contribution in [1.29, 1.82) is 0 Å². The van der Waals surface area contributed by atoms with Crippen molar-refractivity contribution in [3.63, 3.8) is 0 Å². The predicted octanol–water partition coefficient (Wildman–Crippen LogP) is 1.71. The summed E-state index contributed by atoms with van der Waals surface area (Å²) in [6.07, 6.45) is 1.52. The summed E-state index contributed by atoms with van der Waals surface area (Å²) in [5.41, 5.74) is 0.595. The van der Waals surface area contributed by atoms with Gasteiger partial charge in [0.2, 0.25) is 5.91 Å². The number of piperidine rings is 1. The number of carbonyl (C=O) groups excluding carboxylic acids is 2. The van der Waals surface area contributed by atoms with E-state index in [-0.39, 0.29) is 24.5 Å². The van der Waals surface area contributed by atoms with Gasteiger partial charge in [-0.05, 0) is 37.1 Å². The molecule has 0 radical (unpaired) electrons. The number of amides is 2. The standard InChI is InChI=1S/C15H19ClN2O3/c1-21-10-14(19)18-8-6-13(7-9-18)17-15(20)11-2-4-12(16)5-3-11/h2-5,13H,6-10H2,1H3,(H,17,20). The normalized spacial score (nSPS) is 15.8. The lowest BCUT2D eigenvalue weighted by molar-refractivity contribution is -0.136. The van der Waals surface area contributed by atoms with Gasteiger partial charge >= 0.3 is 0 Å². The number of likely N-dealkylation sites (tertiary alicyclic amines) is 1. The van der Waals surface area contributed by atoms with E-state index in [1.54, 1.807) is 29.2 Å². The Morgan fingerprint density at radius 2 is 1.90 bits per heavy atom. The number of nitrogens with zero attached hydrogens (tertiary/aromatic N) is 1. The Bertz CT molecular complexity index is 496. The third-order valence-corrected chi connectivity index (χ3v) is 3.81. The number of methoxy groups -OCH3 is 1. The van der Waals surface area contributed by atoms with Crippen molar-refractivity contribution in [3.05, 3.63) is 34.9 Å². The van der Waals surface area contributed by atoms with E-state index in [9.17, 15) is 9.59 Å². The van der Waals surface area contributed by atoms with E-state index < -0.39 is 0 Å². The molecule has 114 valence electrons. The molecule has 0 atom stereocenters. The molecule has 6 heteroatoms. The summed E-state index contributed by atoms with van der Waals surface area (Å²) in [5.74, 6) is -0.103. The van der Waals surface area contributed by atoms with Crippen molar-refractivity contribution in [1.82, 2.24) is 10.2 Å². The highest BCUT2D eigenvalue weighted by Gasteiger charge is 2.23. The molecule has 0 unspecified atom stereocenters. The summed E-state index contributed by atoms with van der Waals surface area (Å²) in [6, 6.07) is 6.90. The van der Waals surface area contributed by atoms with Gasteiger partial charge in [-0.2, -0.15) is 0 Å². The van der Waals surface area contributed by atoms with Crippen molar-refractivity contribution in [3.8, 4) is 0 Å². The average Bonchev–Trinajstić information content (AvgIpc) is 2.49. The van der Waals surface area contributed by atoms with Gasteiger partial charge in [0.15, 0.2) is 0 Å². The first-order valence-electron chi connectivity index (χ1n) is 6.93. The number of ether oxygens (including phenoxy) is 1. The van der Waals surface area contributed by atoms with Gasteiger partial charge in [0.25, 0.3) is 5.91 Å². The Labute approximate surface area is 129 Å². The molecule has 0 aliphatic carbocycles.